The number of carbonyl (C=O) groups is 1. The maximum Gasteiger partial charge on any atom is 0.410 e. The molecule has 98 valence electrons. The Balaban J connectivity index is 2.02. The lowest BCUT2D eigenvalue weighted by molar-refractivity contribution is 0.0189. The summed E-state index contributed by atoms with van der Waals surface area (Å²) in [5.74, 6) is 1.13. The van der Waals surface area contributed by atoms with Gasteiger partial charge in [-0.2, -0.15) is 0 Å². The summed E-state index contributed by atoms with van der Waals surface area (Å²) in [5, 5.41) is 0. The van der Waals surface area contributed by atoms with Crippen LogP contribution in [0.4, 0.5) is 4.79 Å². The average Bonchev–Trinajstić information content (AvgIpc) is 2.94. The van der Waals surface area contributed by atoms with Crippen LogP contribution in [0.5, 0.6) is 0 Å². The van der Waals surface area contributed by atoms with Crippen molar-refractivity contribution in [1.82, 2.24) is 4.90 Å². The van der Waals surface area contributed by atoms with Crippen LogP contribution in [0.1, 0.15) is 40.0 Å². The van der Waals surface area contributed by atoms with Crippen molar-refractivity contribution >= 4 is 6.09 Å². The highest BCUT2D eigenvalue weighted by molar-refractivity contribution is 5.69. The molecule has 1 amide bonds. The fourth-order valence-corrected chi connectivity index (χ4v) is 2.75. The van der Waals surface area contributed by atoms with E-state index < -0.39 is 5.60 Å². The van der Waals surface area contributed by atoms with E-state index in [1.54, 1.807) is 0 Å². The molecule has 4 nitrogen and oxygen atoms in total. The topological polar surface area (TPSA) is 55.6 Å². The van der Waals surface area contributed by atoms with Crippen molar-refractivity contribution in [3.05, 3.63) is 0 Å². The zero-order chi connectivity index (χ0) is 12.6. The van der Waals surface area contributed by atoms with Gasteiger partial charge in [0.2, 0.25) is 0 Å². The molecule has 0 spiro atoms. The van der Waals surface area contributed by atoms with Crippen molar-refractivity contribution in [3.8, 4) is 0 Å². The van der Waals surface area contributed by atoms with Gasteiger partial charge in [-0.25, -0.2) is 4.79 Å². The van der Waals surface area contributed by atoms with Crippen molar-refractivity contribution in [3.63, 3.8) is 0 Å². The van der Waals surface area contributed by atoms with E-state index in [0.717, 1.165) is 13.0 Å². The minimum Gasteiger partial charge on any atom is -0.444 e. The Labute approximate surface area is 103 Å². The second-order valence-corrected chi connectivity index (χ2v) is 6.29. The monoisotopic (exact) mass is 240 g/mol. The molecule has 0 aromatic carbocycles. The van der Waals surface area contributed by atoms with Gasteiger partial charge in [0.05, 0.1) is 0 Å². The molecule has 0 aromatic rings. The van der Waals surface area contributed by atoms with Crippen LogP contribution in [0, 0.1) is 11.8 Å². The van der Waals surface area contributed by atoms with E-state index in [4.69, 9.17) is 10.5 Å². The summed E-state index contributed by atoms with van der Waals surface area (Å²) in [6.45, 7) is 7.22. The van der Waals surface area contributed by atoms with Gasteiger partial charge in [0, 0.05) is 12.6 Å². The molecule has 1 aliphatic carbocycles. The van der Waals surface area contributed by atoms with Gasteiger partial charge in [0.1, 0.15) is 5.60 Å². The van der Waals surface area contributed by atoms with E-state index in [-0.39, 0.29) is 6.09 Å². The van der Waals surface area contributed by atoms with Crippen molar-refractivity contribution in [2.24, 2.45) is 17.6 Å². The summed E-state index contributed by atoms with van der Waals surface area (Å²) >= 11 is 0. The van der Waals surface area contributed by atoms with E-state index in [9.17, 15) is 4.79 Å². The molecule has 4 heteroatoms. The molecule has 1 heterocycles. The highest BCUT2D eigenvalue weighted by atomic mass is 16.6. The van der Waals surface area contributed by atoms with Crippen molar-refractivity contribution in [2.45, 2.75) is 51.7 Å². The summed E-state index contributed by atoms with van der Waals surface area (Å²) in [5.41, 5.74) is 5.39. The largest absolute Gasteiger partial charge is 0.444 e. The number of nitrogens with two attached hydrogens (primary N) is 1. The first kappa shape index (κ1) is 12.7. The molecule has 17 heavy (non-hydrogen) atoms. The molecular formula is C13H24N2O2. The lowest BCUT2D eigenvalue weighted by Crippen LogP contribution is -2.43. The van der Waals surface area contributed by atoms with Crippen LogP contribution in [0.25, 0.3) is 0 Å². The molecule has 2 unspecified atom stereocenters. The SMILES string of the molecule is CC(C)(C)OC(=O)N1CCC(CN)C1C1CC1. The molecule has 1 saturated carbocycles. The highest BCUT2D eigenvalue weighted by Crippen LogP contribution is 2.42. The summed E-state index contributed by atoms with van der Waals surface area (Å²) in [7, 11) is 0. The van der Waals surface area contributed by atoms with E-state index in [1.807, 2.05) is 25.7 Å². The van der Waals surface area contributed by atoms with E-state index in [0.29, 0.717) is 24.4 Å². The Morgan fingerprint density at radius 3 is 2.47 bits per heavy atom. The van der Waals surface area contributed by atoms with Crippen molar-refractivity contribution in [2.75, 3.05) is 13.1 Å². The predicted molar refractivity (Wildman–Crippen MR) is 66.6 cm³/mol. The summed E-state index contributed by atoms with van der Waals surface area (Å²) in [6, 6.07) is 0.329. The van der Waals surface area contributed by atoms with Crippen LogP contribution >= 0.6 is 0 Å². The molecular weight excluding hydrogens is 216 g/mol. The molecule has 2 N–H and O–H groups in total. The highest BCUT2D eigenvalue weighted by Gasteiger charge is 2.46. The van der Waals surface area contributed by atoms with Gasteiger partial charge in [-0.1, -0.05) is 0 Å². The molecule has 2 atom stereocenters. The van der Waals surface area contributed by atoms with Gasteiger partial charge < -0.3 is 15.4 Å². The zero-order valence-electron chi connectivity index (χ0n) is 11.1. The van der Waals surface area contributed by atoms with Crippen molar-refractivity contribution < 1.29 is 9.53 Å². The normalized spacial score (nSPS) is 29.5. The molecule has 2 aliphatic rings. The Morgan fingerprint density at radius 1 is 1.35 bits per heavy atom. The van der Waals surface area contributed by atoms with Gasteiger partial charge in [-0.15, -0.1) is 0 Å². The molecule has 0 bridgehead atoms. The van der Waals surface area contributed by atoms with Crippen LogP contribution < -0.4 is 5.73 Å². The molecule has 0 radical (unpaired) electrons. The minimum absolute atomic E-state index is 0.162. The number of hydrogen-bond acceptors (Lipinski definition) is 3. The van der Waals surface area contributed by atoms with Gasteiger partial charge in [0.15, 0.2) is 0 Å². The lowest BCUT2D eigenvalue weighted by atomic mass is 9.97. The Bertz CT molecular complexity index is 294. The summed E-state index contributed by atoms with van der Waals surface area (Å²) in [6.07, 6.45) is 3.34. The summed E-state index contributed by atoms with van der Waals surface area (Å²) in [4.78, 5) is 14.0. The maximum atomic E-state index is 12.1. The smallest absolute Gasteiger partial charge is 0.410 e. The predicted octanol–water partition coefficient (Wildman–Crippen LogP) is 1.98. The molecule has 1 saturated heterocycles. The number of rotatable bonds is 2. The first-order valence-corrected chi connectivity index (χ1v) is 6.62. The average molecular weight is 240 g/mol. The number of ether oxygens (including phenoxy) is 1. The fraction of sp³-hybridized carbons (Fsp3) is 0.923. The van der Waals surface area contributed by atoms with Gasteiger partial charge >= 0.3 is 6.09 Å². The van der Waals surface area contributed by atoms with Crippen LogP contribution in [-0.2, 0) is 4.74 Å². The molecule has 2 rings (SSSR count). The lowest BCUT2D eigenvalue weighted by Gasteiger charge is -2.30. The third-order valence-corrected chi connectivity index (χ3v) is 3.62. The first-order valence-electron chi connectivity index (χ1n) is 6.62. The van der Waals surface area contributed by atoms with Crippen LogP contribution in [0.3, 0.4) is 0 Å². The van der Waals surface area contributed by atoms with Crippen LogP contribution in [-0.4, -0.2) is 35.7 Å². The second-order valence-electron chi connectivity index (χ2n) is 6.29. The van der Waals surface area contributed by atoms with E-state index in [1.165, 1.54) is 12.8 Å². The maximum absolute atomic E-state index is 12.1. The number of likely N-dealkylation sites (tertiary alicyclic amines) is 1. The van der Waals surface area contributed by atoms with Crippen LogP contribution in [0.15, 0.2) is 0 Å². The summed E-state index contributed by atoms with van der Waals surface area (Å²) < 4.78 is 5.47. The third-order valence-electron chi connectivity index (χ3n) is 3.62. The van der Waals surface area contributed by atoms with Gasteiger partial charge in [-0.05, 0) is 58.4 Å². The standard InChI is InChI=1S/C13H24N2O2/c1-13(2,3)17-12(16)15-7-6-10(8-14)11(15)9-4-5-9/h9-11H,4-8,14H2,1-3H3. The minimum atomic E-state index is -0.411. The number of nitrogens with zero attached hydrogens (tertiary/aromatic N) is 1. The van der Waals surface area contributed by atoms with E-state index in [2.05, 4.69) is 0 Å². The number of hydrogen-bond donors (Lipinski definition) is 1. The van der Waals surface area contributed by atoms with Crippen molar-refractivity contribution in [1.29, 1.82) is 0 Å². The fourth-order valence-electron chi connectivity index (χ4n) is 2.75. The Morgan fingerprint density at radius 2 is 2.00 bits per heavy atom. The quantitative estimate of drug-likeness (QED) is 0.803. The third kappa shape index (κ3) is 2.92. The second kappa shape index (κ2) is 4.48. The van der Waals surface area contributed by atoms with E-state index >= 15 is 0 Å². The zero-order valence-corrected chi connectivity index (χ0v) is 11.1. The van der Waals surface area contributed by atoms with Crippen LogP contribution in [0.2, 0.25) is 0 Å². The molecule has 0 aromatic heterocycles. The van der Waals surface area contributed by atoms with Gasteiger partial charge in [-0.3, -0.25) is 0 Å². The Kier molecular flexibility index (Phi) is 3.34. The molecule has 1 aliphatic heterocycles. The first-order chi connectivity index (χ1) is 7.92. The number of carbonyl (C=O) groups excluding carboxylic acids is 1. The van der Waals surface area contributed by atoms with Gasteiger partial charge in [0.25, 0.3) is 0 Å². The molecule has 2 fully saturated rings. The Hall–Kier alpha value is -0.770. The number of amides is 1.